The Hall–Kier alpha value is -2.68. The summed E-state index contributed by atoms with van der Waals surface area (Å²) in [6.45, 7) is 4.14. The van der Waals surface area contributed by atoms with Crippen LogP contribution in [0.2, 0.25) is 0 Å². The number of rotatable bonds is 9. The molecule has 0 radical (unpaired) electrons. The van der Waals surface area contributed by atoms with Gasteiger partial charge in [0.15, 0.2) is 17.3 Å². The van der Waals surface area contributed by atoms with Crippen LogP contribution in [0.4, 0.5) is 11.5 Å². The van der Waals surface area contributed by atoms with Crippen molar-refractivity contribution < 1.29 is 23.6 Å². The highest BCUT2D eigenvalue weighted by molar-refractivity contribution is 8.00. The summed E-state index contributed by atoms with van der Waals surface area (Å²) in [7, 11) is 1.54. The van der Waals surface area contributed by atoms with Crippen LogP contribution in [0.25, 0.3) is 0 Å². The Balaban J connectivity index is 1.77. The van der Waals surface area contributed by atoms with E-state index in [2.05, 4.69) is 15.8 Å². The molecule has 0 aliphatic rings. The summed E-state index contributed by atoms with van der Waals surface area (Å²) in [5, 5.41) is 9.02. The van der Waals surface area contributed by atoms with E-state index in [9.17, 15) is 9.59 Å². The Morgan fingerprint density at radius 1 is 1.15 bits per heavy atom. The van der Waals surface area contributed by atoms with Crippen LogP contribution in [0.3, 0.4) is 0 Å². The summed E-state index contributed by atoms with van der Waals surface area (Å²) >= 11 is 1.20. The maximum Gasteiger partial charge on any atom is 0.235 e. The molecule has 2 aromatic rings. The largest absolute Gasteiger partial charge is 0.493 e. The van der Waals surface area contributed by atoms with Crippen LogP contribution < -0.4 is 20.1 Å². The van der Waals surface area contributed by atoms with Gasteiger partial charge in [0, 0.05) is 17.8 Å². The standard InChI is InChI=1S/C17H21N3O5S/c1-4-24-13-6-5-12(8-14(13)23-3)18-16(21)9-26-10-17(22)19-15-7-11(2)25-20-15/h5-8H,4,9-10H2,1-3H3,(H,18,21)(H,19,20,22). The first-order chi connectivity index (χ1) is 12.5. The number of amides is 2. The number of aromatic nitrogens is 1. The van der Waals surface area contributed by atoms with Crippen molar-refractivity contribution in [3.63, 3.8) is 0 Å². The molecular weight excluding hydrogens is 358 g/mol. The lowest BCUT2D eigenvalue weighted by Crippen LogP contribution is -2.18. The van der Waals surface area contributed by atoms with Crippen molar-refractivity contribution in [2.75, 3.05) is 35.9 Å². The van der Waals surface area contributed by atoms with Crippen molar-refractivity contribution in [2.45, 2.75) is 13.8 Å². The Morgan fingerprint density at radius 2 is 1.88 bits per heavy atom. The van der Waals surface area contributed by atoms with Gasteiger partial charge in [-0.2, -0.15) is 0 Å². The number of methoxy groups -OCH3 is 1. The third kappa shape index (κ3) is 5.99. The van der Waals surface area contributed by atoms with Gasteiger partial charge in [-0.15, -0.1) is 11.8 Å². The zero-order valence-corrected chi connectivity index (χ0v) is 15.6. The quantitative estimate of drug-likeness (QED) is 0.690. The molecule has 0 aliphatic carbocycles. The van der Waals surface area contributed by atoms with Gasteiger partial charge in [-0.3, -0.25) is 9.59 Å². The molecule has 0 bridgehead atoms. The first-order valence-electron chi connectivity index (χ1n) is 7.93. The van der Waals surface area contributed by atoms with Crippen LogP contribution in [0.5, 0.6) is 11.5 Å². The molecular formula is C17H21N3O5S. The lowest BCUT2D eigenvalue weighted by Gasteiger charge is -2.11. The Morgan fingerprint density at radius 3 is 2.50 bits per heavy atom. The number of aryl methyl sites for hydroxylation is 1. The van der Waals surface area contributed by atoms with E-state index in [1.54, 1.807) is 31.2 Å². The summed E-state index contributed by atoms with van der Waals surface area (Å²) in [5.74, 6) is 1.93. The molecule has 2 rings (SSSR count). The van der Waals surface area contributed by atoms with E-state index < -0.39 is 0 Å². The first-order valence-corrected chi connectivity index (χ1v) is 9.09. The van der Waals surface area contributed by atoms with Gasteiger partial charge < -0.3 is 24.6 Å². The molecule has 0 atom stereocenters. The van der Waals surface area contributed by atoms with E-state index in [0.29, 0.717) is 35.4 Å². The minimum absolute atomic E-state index is 0.131. The predicted molar refractivity (Wildman–Crippen MR) is 100.0 cm³/mol. The van der Waals surface area contributed by atoms with Crippen LogP contribution in [0.1, 0.15) is 12.7 Å². The molecule has 140 valence electrons. The van der Waals surface area contributed by atoms with E-state index in [-0.39, 0.29) is 23.3 Å². The van der Waals surface area contributed by atoms with Gasteiger partial charge in [0.05, 0.1) is 25.2 Å². The lowest BCUT2D eigenvalue weighted by atomic mass is 10.2. The summed E-state index contributed by atoms with van der Waals surface area (Å²) in [6.07, 6.45) is 0. The maximum atomic E-state index is 12.0. The molecule has 0 unspecified atom stereocenters. The lowest BCUT2D eigenvalue weighted by molar-refractivity contribution is -0.114. The summed E-state index contributed by atoms with van der Waals surface area (Å²) in [5.41, 5.74) is 0.596. The molecule has 26 heavy (non-hydrogen) atoms. The fourth-order valence-electron chi connectivity index (χ4n) is 2.06. The number of ether oxygens (including phenoxy) is 2. The second-order valence-electron chi connectivity index (χ2n) is 5.21. The molecule has 9 heteroatoms. The van der Waals surface area contributed by atoms with Crippen LogP contribution >= 0.6 is 11.8 Å². The number of hydrogen-bond acceptors (Lipinski definition) is 7. The fraction of sp³-hybridized carbons (Fsp3) is 0.353. The number of thioether (sulfide) groups is 1. The molecule has 1 heterocycles. The molecule has 0 saturated carbocycles. The second kappa shape index (κ2) is 9.71. The molecule has 2 amide bonds. The first kappa shape index (κ1) is 19.6. The van der Waals surface area contributed by atoms with Crippen LogP contribution in [0.15, 0.2) is 28.8 Å². The van der Waals surface area contributed by atoms with E-state index in [4.69, 9.17) is 14.0 Å². The number of carbonyl (C=O) groups excluding carboxylic acids is 2. The molecule has 1 aromatic carbocycles. The van der Waals surface area contributed by atoms with Gasteiger partial charge in [-0.25, -0.2) is 0 Å². The molecule has 0 fully saturated rings. The predicted octanol–water partition coefficient (Wildman–Crippen LogP) is 2.70. The molecule has 0 saturated heterocycles. The van der Waals surface area contributed by atoms with E-state index in [1.807, 2.05) is 6.92 Å². The maximum absolute atomic E-state index is 12.0. The highest BCUT2D eigenvalue weighted by atomic mass is 32.2. The van der Waals surface area contributed by atoms with Gasteiger partial charge in [-0.1, -0.05) is 5.16 Å². The topological polar surface area (TPSA) is 103 Å². The number of anilines is 2. The zero-order valence-electron chi connectivity index (χ0n) is 14.8. The number of nitrogens with one attached hydrogen (secondary N) is 2. The van der Waals surface area contributed by atoms with Crippen LogP contribution in [0, 0.1) is 6.92 Å². The summed E-state index contributed by atoms with van der Waals surface area (Å²) in [4.78, 5) is 23.8. The van der Waals surface area contributed by atoms with Crippen LogP contribution in [-0.2, 0) is 9.59 Å². The van der Waals surface area contributed by atoms with Gasteiger partial charge >= 0.3 is 0 Å². The third-order valence-corrected chi connectivity index (χ3v) is 4.04. The summed E-state index contributed by atoms with van der Waals surface area (Å²) in [6, 6.07) is 6.77. The Kier molecular flexibility index (Phi) is 7.34. The van der Waals surface area contributed by atoms with Crippen molar-refractivity contribution in [3.05, 3.63) is 30.0 Å². The average molecular weight is 379 g/mol. The highest BCUT2D eigenvalue weighted by Gasteiger charge is 2.10. The third-order valence-electron chi connectivity index (χ3n) is 3.11. The minimum Gasteiger partial charge on any atom is -0.493 e. The molecule has 1 aromatic heterocycles. The van der Waals surface area contributed by atoms with Crippen molar-refractivity contribution in [2.24, 2.45) is 0 Å². The fourth-order valence-corrected chi connectivity index (χ4v) is 2.68. The number of carbonyl (C=O) groups is 2. The number of nitrogens with zero attached hydrogens (tertiary/aromatic N) is 1. The summed E-state index contributed by atoms with van der Waals surface area (Å²) < 4.78 is 15.5. The van der Waals surface area contributed by atoms with Crippen molar-refractivity contribution in [1.82, 2.24) is 5.16 Å². The van der Waals surface area contributed by atoms with Crippen LogP contribution in [-0.4, -0.2) is 42.2 Å². The smallest absolute Gasteiger partial charge is 0.235 e. The van der Waals surface area contributed by atoms with Crippen molar-refractivity contribution in [1.29, 1.82) is 0 Å². The Bertz CT molecular complexity index is 763. The second-order valence-corrected chi connectivity index (χ2v) is 6.20. The van der Waals surface area contributed by atoms with E-state index in [1.165, 1.54) is 18.9 Å². The number of benzene rings is 1. The normalized spacial score (nSPS) is 10.3. The zero-order chi connectivity index (χ0) is 18.9. The average Bonchev–Trinajstić information content (AvgIpc) is 3.01. The Labute approximate surface area is 155 Å². The minimum atomic E-state index is -0.251. The molecule has 0 aliphatic heterocycles. The molecule has 8 nitrogen and oxygen atoms in total. The van der Waals surface area contributed by atoms with E-state index >= 15 is 0 Å². The van der Waals surface area contributed by atoms with Gasteiger partial charge in [0.2, 0.25) is 11.8 Å². The van der Waals surface area contributed by atoms with Gasteiger partial charge in [0.1, 0.15) is 5.76 Å². The molecule has 2 N–H and O–H groups in total. The van der Waals surface area contributed by atoms with E-state index in [0.717, 1.165) is 0 Å². The van der Waals surface area contributed by atoms with Gasteiger partial charge in [-0.05, 0) is 26.0 Å². The SMILES string of the molecule is CCOc1ccc(NC(=O)CSCC(=O)Nc2cc(C)on2)cc1OC. The van der Waals surface area contributed by atoms with Crippen molar-refractivity contribution in [3.8, 4) is 11.5 Å². The number of hydrogen-bond donors (Lipinski definition) is 2. The highest BCUT2D eigenvalue weighted by Crippen LogP contribution is 2.30. The van der Waals surface area contributed by atoms with Gasteiger partial charge in [0.25, 0.3) is 0 Å². The monoisotopic (exact) mass is 379 g/mol. The molecule has 0 spiro atoms. The van der Waals surface area contributed by atoms with Crippen molar-refractivity contribution >= 4 is 35.1 Å².